The lowest BCUT2D eigenvalue weighted by atomic mass is 10.2. The normalized spacial score (nSPS) is 11.0. The number of fused-ring (bicyclic) bond motifs is 1. The molecule has 3 aromatic rings. The van der Waals surface area contributed by atoms with Crippen LogP contribution in [-0.2, 0) is 6.54 Å². The largest absolute Gasteiger partial charge is 0.441 e. The highest BCUT2D eigenvalue weighted by Gasteiger charge is 2.13. The first-order chi connectivity index (χ1) is 10.1. The Hall–Kier alpha value is -2.76. The van der Waals surface area contributed by atoms with Crippen molar-refractivity contribution < 1.29 is 9.21 Å². The van der Waals surface area contributed by atoms with Gasteiger partial charge in [-0.3, -0.25) is 4.79 Å². The Morgan fingerprint density at radius 3 is 3.00 bits per heavy atom. The van der Waals surface area contributed by atoms with Crippen LogP contribution in [0.2, 0.25) is 0 Å². The van der Waals surface area contributed by atoms with E-state index in [-0.39, 0.29) is 5.91 Å². The van der Waals surface area contributed by atoms with Crippen LogP contribution < -0.4 is 11.1 Å². The predicted molar refractivity (Wildman–Crippen MR) is 81.2 cm³/mol. The van der Waals surface area contributed by atoms with Gasteiger partial charge in [0.15, 0.2) is 11.5 Å². The third kappa shape index (κ3) is 2.47. The van der Waals surface area contributed by atoms with E-state index in [1.165, 1.54) is 0 Å². The van der Waals surface area contributed by atoms with Crippen molar-refractivity contribution in [3.05, 3.63) is 42.0 Å². The number of hydrogen-bond acceptors (Lipinski definition) is 4. The highest BCUT2D eigenvalue weighted by atomic mass is 16.3. The summed E-state index contributed by atoms with van der Waals surface area (Å²) in [4.78, 5) is 16.6. The fraction of sp³-hybridized carbons (Fsp3) is 0.200. The molecule has 3 N–H and O–H groups in total. The maximum atomic E-state index is 12.3. The molecule has 0 atom stereocenters. The summed E-state index contributed by atoms with van der Waals surface area (Å²) < 4.78 is 7.22. The maximum absolute atomic E-state index is 12.3. The molecule has 0 radical (unpaired) electrons. The summed E-state index contributed by atoms with van der Waals surface area (Å²) in [5.74, 6) is 0.397. The summed E-state index contributed by atoms with van der Waals surface area (Å²) >= 11 is 0. The first-order valence-electron chi connectivity index (χ1n) is 6.71. The molecular formula is C15H16N4O2. The number of benzene rings is 1. The maximum Gasteiger partial charge on any atom is 0.272 e. The van der Waals surface area contributed by atoms with Crippen LogP contribution in [0.4, 0.5) is 11.4 Å². The number of amides is 1. The Morgan fingerprint density at radius 2 is 2.24 bits per heavy atom. The molecule has 0 aliphatic heterocycles. The minimum absolute atomic E-state index is 0.201. The van der Waals surface area contributed by atoms with Crippen molar-refractivity contribution in [2.24, 2.45) is 0 Å². The molecular weight excluding hydrogens is 268 g/mol. The summed E-state index contributed by atoms with van der Waals surface area (Å²) in [6, 6.07) is 7.02. The first kappa shape index (κ1) is 13.2. The molecule has 1 amide bonds. The zero-order valence-electron chi connectivity index (χ0n) is 11.9. The number of aryl methyl sites for hydroxylation is 2. The lowest BCUT2D eigenvalue weighted by Crippen LogP contribution is -2.16. The summed E-state index contributed by atoms with van der Waals surface area (Å²) in [7, 11) is 0. The van der Waals surface area contributed by atoms with Crippen molar-refractivity contribution in [1.29, 1.82) is 0 Å². The van der Waals surface area contributed by atoms with Gasteiger partial charge >= 0.3 is 0 Å². The third-order valence-electron chi connectivity index (χ3n) is 3.24. The lowest BCUT2D eigenvalue weighted by molar-refractivity contribution is 0.101. The van der Waals surface area contributed by atoms with Gasteiger partial charge in [0.1, 0.15) is 11.2 Å². The minimum atomic E-state index is -0.201. The van der Waals surface area contributed by atoms with E-state index in [1.54, 1.807) is 37.4 Å². The van der Waals surface area contributed by atoms with Crippen molar-refractivity contribution in [2.45, 2.75) is 20.4 Å². The first-order valence-corrected chi connectivity index (χ1v) is 6.71. The van der Waals surface area contributed by atoms with E-state index in [2.05, 4.69) is 10.3 Å². The number of nitrogens with two attached hydrogens (primary N) is 1. The Morgan fingerprint density at radius 1 is 1.43 bits per heavy atom. The van der Waals surface area contributed by atoms with Crippen LogP contribution >= 0.6 is 0 Å². The highest BCUT2D eigenvalue weighted by Crippen LogP contribution is 2.20. The van der Waals surface area contributed by atoms with Gasteiger partial charge in [0, 0.05) is 25.4 Å². The average Bonchev–Trinajstić information content (AvgIpc) is 2.99. The molecule has 3 rings (SSSR count). The van der Waals surface area contributed by atoms with Crippen molar-refractivity contribution in [3.63, 3.8) is 0 Å². The molecule has 21 heavy (non-hydrogen) atoms. The number of oxazole rings is 1. The Kier molecular flexibility index (Phi) is 3.13. The molecule has 2 heterocycles. The highest BCUT2D eigenvalue weighted by molar-refractivity contribution is 6.04. The molecule has 0 unspecified atom stereocenters. The molecule has 0 spiro atoms. The molecule has 108 valence electrons. The number of aromatic nitrogens is 2. The van der Waals surface area contributed by atoms with Crippen molar-refractivity contribution in [1.82, 2.24) is 9.55 Å². The second-order valence-electron chi connectivity index (χ2n) is 4.81. The number of carbonyl (C=O) groups excluding carboxylic acids is 1. The molecule has 0 aliphatic rings. The molecule has 0 saturated heterocycles. The Bertz CT molecular complexity index is 816. The molecule has 0 aliphatic carbocycles. The van der Waals surface area contributed by atoms with Gasteiger partial charge in [0.25, 0.3) is 5.91 Å². The zero-order valence-corrected chi connectivity index (χ0v) is 11.9. The number of rotatable bonds is 3. The molecule has 6 nitrogen and oxygen atoms in total. The Labute approximate surface area is 121 Å². The minimum Gasteiger partial charge on any atom is -0.441 e. The van der Waals surface area contributed by atoms with E-state index in [4.69, 9.17) is 10.2 Å². The summed E-state index contributed by atoms with van der Waals surface area (Å²) in [5, 5.41) is 2.85. The number of nitrogens with zero attached hydrogens (tertiary/aromatic N) is 2. The molecule has 0 saturated carbocycles. The van der Waals surface area contributed by atoms with Gasteiger partial charge in [-0.15, -0.1) is 0 Å². The van der Waals surface area contributed by atoms with E-state index in [1.807, 2.05) is 11.5 Å². The van der Waals surface area contributed by atoms with Crippen LogP contribution in [0.15, 0.2) is 34.9 Å². The average molecular weight is 284 g/mol. The number of anilines is 2. The summed E-state index contributed by atoms with van der Waals surface area (Å²) in [6.45, 7) is 4.43. The topological polar surface area (TPSA) is 86.1 Å². The summed E-state index contributed by atoms with van der Waals surface area (Å²) in [6.07, 6.45) is 1.75. The van der Waals surface area contributed by atoms with Crippen LogP contribution in [0.3, 0.4) is 0 Å². The number of nitrogens with one attached hydrogen (secondary N) is 1. The lowest BCUT2D eigenvalue weighted by Gasteiger charge is -2.07. The van der Waals surface area contributed by atoms with Gasteiger partial charge in [-0.25, -0.2) is 4.98 Å². The van der Waals surface area contributed by atoms with Crippen LogP contribution in [0.25, 0.3) is 11.1 Å². The van der Waals surface area contributed by atoms with Crippen LogP contribution in [0, 0.1) is 6.92 Å². The summed E-state index contributed by atoms with van der Waals surface area (Å²) in [5.41, 5.74) is 8.94. The third-order valence-corrected chi connectivity index (χ3v) is 3.24. The van der Waals surface area contributed by atoms with Gasteiger partial charge < -0.3 is 20.0 Å². The fourth-order valence-corrected chi connectivity index (χ4v) is 2.30. The SMILES string of the molecule is CCn1cc(N)cc1C(=O)Nc1ccc2oc(C)nc2c1. The molecule has 0 bridgehead atoms. The van der Waals surface area contributed by atoms with Gasteiger partial charge in [-0.05, 0) is 31.2 Å². The van der Waals surface area contributed by atoms with Crippen molar-refractivity contribution in [3.8, 4) is 0 Å². The fourth-order valence-electron chi connectivity index (χ4n) is 2.30. The van der Waals surface area contributed by atoms with Crippen molar-refractivity contribution in [2.75, 3.05) is 11.1 Å². The second-order valence-corrected chi connectivity index (χ2v) is 4.81. The quantitative estimate of drug-likeness (QED) is 0.774. The zero-order chi connectivity index (χ0) is 15.0. The van der Waals surface area contributed by atoms with E-state index >= 15 is 0 Å². The molecule has 2 aromatic heterocycles. The number of hydrogen-bond donors (Lipinski definition) is 2. The van der Waals surface area contributed by atoms with Gasteiger partial charge in [-0.2, -0.15) is 0 Å². The van der Waals surface area contributed by atoms with Gasteiger partial charge in [0.2, 0.25) is 0 Å². The van der Waals surface area contributed by atoms with Crippen molar-refractivity contribution >= 4 is 28.4 Å². The van der Waals surface area contributed by atoms with E-state index in [0.29, 0.717) is 35.1 Å². The monoisotopic (exact) mass is 284 g/mol. The van der Waals surface area contributed by atoms with Crippen LogP contribution in [0.1, 0.15) is 23.3 Å². The van der Waals surface area contributed by atoms with Gasteiger partial charge in [-0.1, -0.05) is 0 Å². The predicted octanol–water partition coefficient (Wildman–Crippen LogP) is 2.79. The molecule has 0 fully saturated rings. The number of carbonyl (C=O) groups is 1. The standard InChI is InChI=1S/C15H16N4O2/c1-3-19-8-10(16)6-13(19)15(20)18-11-4-5-14-12(7-11)17-9(2)21-14/h4-8H,3,16H2,1-2H3,(H,18,20). The van der Waals surface area contributed by atoms with Crippen LogP contribution in [-0.4, -0.2) is 15.5 Å². The molecule has 6 heteroatoms. The Balaban J connectivity index is 1.88. The van der Waals surface area contributed by atoms with E-state index in [9.17, 15) is 4.79 Å². The van der Waals surface area contributed by atoms with Gasteiger partial charge in [0.05, 0.1) is 5.69 Å². The van der Waals surface area contributed by atoms with E-state index < -0.39 is 0 Å². The van der Waals surface area contributed by atoms with E-state index in [0.717, 1.165) is 5.52 Å². The smallest absolute Gasteiger partial charge is 0.272 e. The molecule has 1 aromatic carbocycles. The van der Waals surface area contributed by atoms with Crippen LogP contribution in [0.5, 0.6) is 0 Å². The number of nitrogen functional groups attached to an aromatic ring is 1. The second kappa shape index (κ2) is 4.97.